The minimum Gasteiger partial charge on any atom is -0.391 e. The summed E-state index contributed by atoms with van der Waals surface area (Å²) in [6, 6.07) is 12.8. The molecular formula is C27H33N5O5. The van der Waals surface area contributed by atoms with Gasteiger partial charge in [0.15, 0.2) is 0 Å². The van der Waals surface area contributed by atoms with Crippen molar-refractivity contribution >= 4 is 23.4 Å². The summed E-state index contributed by atoms with van der Waals surface area (Å²) in [5.74, 6) is 4.45. The molecule has 0 aromatic heterocycles. The molecule has 3 amide bonds. The molecule has 37 heavy (non-hydrogen) atoms. The number of aliphatic hydroxyl groups excluding tert-OH is 1. The highest BCUT2D eigenvalue weighted by Crippen LogP contribution is 2.10. The minimum atomic E-state index is -1.29. The van der Waals surface area contributed by atoms with E-state index in [0.29, 0.717) is 17.3 Å². The van der Waals surface area contributed by atoms with Crippen molar-refractivity contribution in [3.8, 4) is 11.8 Å². The molecule has 3 rings (SSSR count). The number of carbonyl (C=O) groups is 3. The number of aliphatic hydroxyl groups is 1. The van der Waals surface area contributed by atoms with Crippen molar-refractivity contribution in [2.45, 2.75) is 44.4 Å². The second-order valence-electron chi connectivity index (χ2n) is 8.90. The summed E-state index contributed by atoms with van der Waals surface area (Å²) in [5.41, 5.74) is 3.81. The molecule has 0 aliphatic carbocycles. The monoisotopic (exact) mass is 507 g/mol. The van der Waals surface area contributed by atoms with Gasteiger partial charge in [0.25, 0.3) is 11.8 Å². The SMILES string of the molecule is C[C@@H](O)[C@H](NC(=O)c1ccc(C#Cc2ccc(NC(=O)CNCC3CCCCN3)cc2)cc1)C(=O)NO. The molecule has 2 aromatic rings. The fourth-order valence-corrected chi connectivity index (χ4v) is 3.85. The Morgan fingerprint density at radius 1 is 1.03 bits per heavy atom. The molecular weight excluding hydrogens is 474 g/mol. The molecule has 7 N–H and O–H groups in total. The maximum absolute atomic E-state index is 12.4. The fraction of sp³-hybridized carbons (Fsp3) is 0.370. The van der Waals surface area contributed by atoms with Crippen molar-refractivity contribution in [1.29, 1.82) is 0 Å². The van der Waals surface area contributed by atoms with E-state index in [2.05, 4.69) is 33.1 Å². The lowest BCUT2D eigenvalue weighted by Crippen LogP contribution is -2.51. The first kappa shape index (κ1) is 27.8. The Labute approximate surface area is 216 Å². The van der Waals surface area contributed by atoms with Gasteiger partial charge in [-0.3, -0.25) is 19.6 Å². The Bertz CT molecular complexity index is 1120. The molecule has 1 aliphatic heterocycles. The van der Waals surface area contributed by atoms with Gasteiger partial charge in [-0.05, 0) is 74.8 Å². The van der Waals surface area contributed by atoms with E-state index in [1.54, 1.807) is 36.4 Å². The van der Waals surface area contributed by atoms with Gasteiger partial charge >= 0.3 is 0 Å². The maximum atomic E-state index is 12.4. The molecule has 0 spiro atoms. The fourth-order valence-electron chi connectivity index (χ4n) is 3.85. The maximum Gasteiger partial charge on any atom is 0.268 e. The van der Waals surface area contributed by atoms with Crippen LogP contribution in [0.4, 0.5) is 5.69 Å². The molecule has 1 aliphatic rings. The van der Waals surface area contributed by atoms with E-state index in [1.165, 1.54) is 25.2 Å². The lowest BCUT2D eigenvalue weighted by molar-refractivity contribution is -0.133. The second-order valence-corrected chi connectivity index (χ2v) is 8.90. The van der Waals surface area contributed by atoms with Crippen molar-refractivity contribution in [2.75, 3.05) is 25.0 Å². The van der Waals surface area contributed by atoms with Crippen LogP contribution in [-0.2, 0) is 9.59 Å². The quantitative estimate of drug-likeness (QED) is 0.150. The number of piperidine rings is 1. The number of hydrogen-bond acceptors (Lipinski definition) is 7. The summed E-state index contributed by atoms with van der Waals surface area (Å²) in [6.07, 6.45) is 2.37. The standard InChI is InChI=1S/C27H33N5O5/c1-18(33)25(27(36)32-37)31-26(35)21-11-7-19(8-12-21)5-6-20-9-13-22(14-10-20)30-24(34)17-28-16-23-4-2-3-15-29-23/h7-14,18,23,25,28-29,33,37H,2-4,15-17H2,1H3,(H,30,34)(H,31,35)(H,32,36)/t18-,23?,25+/m1/s1. The van der Waals surface area contributed by atoms with Crippen LogP contribution in [0.25, 0.3) is 0 Å². The lowest BCUT2D eigenvalue weighted by Gasteiger charge is -2.23. The van der Waals surface area contributed by atoms with Crippen molar-refractivity contribution in [3.05, 3.63) is 65.2 Å². The molecule has 1 saturated heterocycles. The largest absolute Gasteiger partial charge is 0.391 e. The van der Waals surface area contributed by atoms with Gasteiger partial charge < -0.3 is 26.4 Å². The first-order chi connectivity index (χ1) is 17.9. The molecule has 10 nitrogen and oxygen atoms in total. The van der Waals surface area contributed by atoms with Crippen molar-refractivity contribution in [1.82, 2.24) is 21.4 Å². The van der Waals surface area contributed by atoms with E-state index in [0.717, 1.165) is 25.1 Å². The average molecular weight is 508 g/mol. The molecule has 1 fully saturated rings. The summed E-state index contributed by atoms with van der Waals surface area (Å²) in [6.45, 7) is 3.39. The van der Waals surface area contributed by atoms with Gasteiger partial charge in [0, 0.05) is 35.0 Å². The Morgan fingerprint density at radius 2 is 1.68 bits per heavy atom. The summed E-state index contributed by atoms with van der Waals surface area (Å²) in [4.78, 5) is 36.1. The van der Waals surface area contributed by atoms with Crippen LogP contribution in [0.15, 0.2) is 48.5 Å². The topological polar surface area (TPSA) is 152 Å². The van der Waals surface area contributed by atoms with Crippen LogP contribution in [0.2, 0.25) is 0 Å². The molecule has 0 saturated carbocycles. The third kappa shape index (κ3) is 9.00. The predicted octanol–water partition coefficient (Wildman–Crippen LogP) is 0.741. The van der Waals surface area contributed by atoms with E-state index in [1.807, 2.05) is 12.1 Å². The third-order valence-corrected chi connectivity index (χ3v) is 5.92. The summed E-state index contributed by atoms with van der Waals surface area (Å²) in [5, 5.41) is 30.3. The third-order valence-electron chi connectivity index (χ3n) is 5.92. The number of hydroxylamine groups is 1. The Kier molecular flexibility index (Phi) is 10.6. The summed E-state index contributed by atoms with van der Waals surface area (Å²) in [7, 11) is 0. The van der Waals surface area contributed by atoms with Crippen LogP contribution in [0.3, 0.4) is 0 Å². The first-order valence-corrected chi connectivity index (χ1v) is 12.2. The highest BCUT2D eigenvalue weighted by atomic mass is 16.5. The van der Waals surface area contributed by atoms with Crippen LogP contribution in [0.5, 0.6) is 0 Å². The Hall–Kier alpha value is -3.75. The number of benzene rings is 2. The Balaban J connectivity index is 1.48. The zero-order valence-corrected chi connectivity index (χ0v) is 20.7. The normalized spacial score (nSPS) is 16.5. The predicted molar refractivity (Wildman–Crippen MR) is 139 cm³/mol. The molecule has 1 heterocycles. The first-order valence-electron chi connectivity index (χ1n) is 12.2. The molecule has 3 atom stereocenters. The van der Waals surface area contributed by atoms with E-state index in [4.69, 9.17) is 5.21 Å². The molecule has 196 valence electrons. The smallest absolute Gasteiger partial charge is 0.268 e. The van der Waals surface area contributed by atoms with Gasteiger partial charge in [0.05, 0.1) is 12.6 Å². The van der Waals surface area contributed by atoms with E-state index in [-0.39, 0.29) is 18.0 Å². The Morgan fingerprint density at radius 3 is 2.24 bits per heavy atom. The highest BCUT2D eigenvalue weighted by molar-refractivity contribution is 5.97. The van der Waals surface area contributed by atoms with Crippen LogP contribution < -0.4 is 26.7 Å². The average Bonchev–Trinajstić information content (AvgIpc) is 2.91. The summed E-state index contributed by atoms with van der Waals surface area (Å²) >= 11 is 0. The highest BCUT2D eigenvalue weighted by Gasteiger charge is 2.25. The second kappa shape index (κ2) is 14.1. The van der Waals surface area contributed by atoms with E-state index in [9.17, 15) is 19.5 Å². The van der Waals surface area contributed by atoms with Gasteiger partial charge in [0.2, 0.25) is 5.91 Å². The number of anilines is 1. The van der Waals surface area contributed by atoms with Crippen molar-refractivity contribution in [3.63, 3.8) is 0 Å². The zero-order valence-electron chi connectivity index (χ0n) is 20.7. The van der Waals surface area contributed by atoms with E-state index < -0.39 is 24.0 Å². The van der Waals surface area contributed by atoms with Gasteiger partial charge in [-0.25, -0.2) is 5.48 Å². The van der Waals surface area contributed by atoms with Gasteiger partial charge in [-0.2, -0.15) is 0 Å². The van der Waals surface area contributed by atoms with Crippen LogP contribution in [0.1, 0.15) is 47.7 Å². The van der Waals surface area contributed by atoms with Crippen LogP contribution >= 0.6 is 0 Å². The van der Waals surface area contributed by atoms with E-state index >= 15 is 0 Å². The summed E-state index contributed by atoms with van der Waals surface area (Å²) < 4.78 is 0. The lowest BCUT2D eigenvalue weighted by atomic mass is 10.1. The number of hydrogen-bond donors (Lipinski definition) is 7. The molecule has 10 heteroatoms. The molecule has 2 aromatic carbocycles. The number of rotatable bonds is 9. The van der Waals surface area contributed by atoms with Crippen molar-refractivity contribution < 1.29 is 24.7 Å². The zero-order chi connectivity index (χ0) is 26.6. The molecule has 0 bridgehead atoms. The van der Waals surface area contributed by atoms with Crippen molar-refractivity contribution in [2.24, 2.45) is 0 Å². The van der Waals surface area contributed by atoms with Crippen LogP contribution in [0, 0.1) is 11.8 Å². The van der Waals surface area contributed by atoms with Gasteiger partial charge in [0.1, 0.15) is 6.04 Å². The molecule has 1 unspecified atom stereocenters. The van der Waals surface area contributed by atoms with Gasteiger partial charge in [-0.1, -0.05) is 18.3 Å². The number of amides is 3. The number of carbonyl (C=O) groups excluding carboxylic acids is 3. The number of nitrogens with one attached hydrogen (secondary N) is 5. The van der Waals surface area contributed by atoms with Gasteiger partial charge in [-0.15, -0.1) is 0 Å². The van der Waals surface area contributed by atoms with Crippen LogP contribution in [-0.4, -0.2) is 65.9 Å². The molecule has 0 radical (unpaired) electrons. The minimum absolute atomic E-state index is 0.101.